The summed E-state index contributed by atoms with van der Waals surface area (Å²) >= 11 is 0. The van der Waals surface area contributed by atoms with Crippen molar-refractivity contribution in [3.63, 3.8) is 0 Å². The number of hydrogen-bond acceptors (Lipinski definition) is 4. The van der Waals surface area contributed by atoms with Crippen LogP contribution in [-0.2, 0) is 14.3 Å². The fourth-order valence-corrected chi connectivity index (χ4v) is 4.08. The third-order valence-electron chi connectivity index (χ3n) is 5.80. The average molecular weight is 480 g/mol. The molecule has 1 unspecified atom stereocenters. The number of benzene rings is 3. The van der Waals surface area contributed by atoms with Crippen molar-refractivity contribution >= 4 is 18.0 Å². The topological polar surface area (TPSA) is 105 Å². The van der Waals surface area contributed by atoms with Gasteiger partial charge in [0.1, 0.15) is 12.6 Å². The van der Waals surface area contributed by atoms with E-state index in [1.807, 2.05) is 53.8 Å². The lowest BCUT2D eigenvalue weighted by Crippen LogP contribution is -2.47. The molecular formula is C26H22F2N2O5. The zero-order chi connectivity index (χ0) is 25.0. The molecule has 3 aromatic rings. The van der Waals surface area contributed by atoms with Crippen LogP contribution in [0.2, 0.25) is 0 Å². The molecule has 4 rings (SSSR count). The molecule has 3 N–H and O–H groups in total. The number of aliphatic carboxylic acids is 1. The van der Waals surface area contributed by atoms with Gasteiger partial charge in [0, 0.05) is 5.92 Å². The number of carboxylic acids is 1. The fourth-order valence-electron chi connectivity index (χ4n) is 4.08. The quantitative estimate of drug-likeness (QED) is 0.450. The lowest BCUT2D eigenvalue weighted by atomic mass is 9.98. The Balaban J connectivity index is 1.46. The number of hydrogen-bond donors (Lipinski definition) is 3. The summed E-state index contributed by atoms with van der Waals surface area (Å²) in [6.07, 6.45) is -0.916. The van der Waals surface area contributed by atoms with Gasteiger partial charge in [0.05, 0.1) is 6.54 Å². The Morgan fingerprint density at radius 2 is 1.43 bits per heavy atom. The molecule has 1 aliphatic carbocycles. The smallest absolute Gasteiger partial charge is 0.408 e. The first-order valence-corrected chi connectivity index (χ1v) is 10.8. The minimum Gasteiger partial charge on any atom is -0.477 e. The summed E-state index contributed by atoms with van der Waals surface area (Å²) in [5, 5.41) is 12.9. The maximum Gasteiger partial charge on any atom is 0.408 e. The summed E-state index contributed by atoms with van der Waals surface area (Å²) in [4.78, 5) is 35.9. The van der Waals surface area contributed by atoms with Crippen LogP contribution in [0.1, 0.15) is 28.7 Å². The van der Waals surface area contributed by atoms with Crippen molar-refractivity contribution < 1.29 is 33.0 Å². The molecule has 0 saturated heterocycles. The maximum absolute atomic E-state index is 13.4. The Morgan fingerprint density at radius 3 is 2.00 bits per heavy atom. The largest absolute Gasteiger partial charge is 0.477 e. The van der Waals surface area contributed by atoms with Crippen LogP contribution in [0.3, 0.4) is 0 Å². The van der Waals surface area contributed by atoms with E-state index in [9.17, 15) is 23.2 Å². The number of carboxylic acid groups (broad SMARTS) is 1. The summed E-state index contributed by atoms with van der Waals surface area (Å²) in [7, 11) is 0. The van der Waals surface area contributed by atoms with E-state index in [1.54, 1.807) is 18.2 Å². The standard InChI is InChI=1S/C26H22F2N2O5/c27-26(28,24(32)33)15-29-23(31)22(16-8-2-1-3-9-16)30-25(34)35-14-21-19-12-6-4-10-17(19)18-11-5-7-13-20(18)21/h1-13,21-22H,14-15H2,(H,29,31)(H,30,34)(H,32,33). The molecule has 0 spiro atoms. The minimum atomic E-state index is -4.15. The van der Waals surface area contributed by atoms with Gasteiger partial charge in [-0.15, -0.1) is 0 Å². The van der Waals surface area contributed by atoms with Crippen molar-refractivity contribution in [3.8, 4) is 11.1 Å². The summed E-state index contributed by atoms with van der Waals surface area (Å²) in [5.41, 5.74) is 4.44. The number of fused-ring (bicyclic) bond motifs is 3. The lowest BCUT2D eigenvalue weighted by molar-refractivity contribution is -0.164. The monoisotopic (exact) mass is 480 g/mol. The number of nitrogens with one attached hydrogen (secondary N) is 2. The predicted molar refractivity (Wildman–Crippen MR) is 123 cm³/mol. The van der Waals surface area contributed by atoms with E-state index in [4.69, 9.17) is 9.84 Å². The van der Waals surface area contributed by atoms with Crippen LogP contribution in [0.15, 0.2) is 78.9 Å². The second-order valence-electron chi connectivity index (χ2n) is 8.04. The van der Waals surface area contributed by atoms with Gasteiger partial charge >= 0.3 is 18.0 Å². The molecule has 0 fully saturated rings. The van der Waals surface area contributed by atoms with Crippen LogP contribution in [0, 0.1) is 0 Å². The molecule has 1 atom stereocenters. The number of alkyl carbamates (subject to hydrolysis) is 1. The molecule has 0 heterocycles. The zero-order valence-corrected chi connectivity index (χ0v) is 18.4. The molecule has 0 radical (unpaired) electrons. The third-order valence-corrected chi connectivity index (χ3v) is 5.80. The molecule has 3 aromatic carbocycles. The normalized spacial score (nSPS) is 13.3. The zero-order valence-electron chi connectivity index (χ0n) is 18.4. The molecule has 0 bridgehead atoms. The van der Waals surface area contributed by atoms with Crippen LogP contribution in [0.5, 0.6) is 0 Å². The fraction of sp³-hybridized carbons (Fsp3) is 0.192. The van der Waals surface area contributed by atoms with Gasteiger partial charge in [-0.2, -0.15) is 8.78 Å². The van der Waals surface area contributed by atoms with E-state index >= 15 is 0 Å². The van der Waals surface area contributed by atoms with Crippen molar-refractivity contribution in [2.24, 2.45) is 0 Å². The molecule has 2 amide bonds. The number of alkyl halides is 2. The van der Waals surface area contributed by atoms with Gasteiger partial charge in [-0.3, -0.25) is 4.79 Å². The van der Waals surface area contributed by atoms with Gasteiger partial charge in [-0.25, -0.2) is 9.59 Å². The van der Waals surface area contributed by atoms with Crippen LogP contribution < -0.4 is 10.6 Å². The van der Waals surface area contributed by atoms with Crippen LogP contribution >= 0.6 is 0 Å². The van der Waals surface area contributed by atoms with Crippen molar-refractivity contribution in [3.05, 3.63) is 95.6 Å². The second kappa shape index (κ2) is 9.92. The average Bonchev–Trinajstić information content (AvgIpc) is 3.19. The predicted octanol–water partition coefficient (Wildman–Crippen LogP) is 4.10. The van der Waals surface area contributed by atoms with Crippen LogP contribution in [-0.4, -0.2) is 42.2 Å². The number of amides is 2. The number of rotatable bonds is 8. The van der Waals surface area contributed by atoms with E-state index in [0.717, 1.165) is 22.3 Å². The first-order chi connectivity index (χ1) is 16.8. The van der Waals surface area contributed by atoms with Crippen molar-refractivity contribution in [1.82, 2.24) is 10.6 Å². The summed E-state index contributed by atoms with van der Waals surface area (Å²) in [5.74, 6) is -7.71. The Bertz CT molecular complexity index is 1200. The lowest BCUT2D eigenvalue weighted by Gasteiger charge is -2.21. The number of halogens is 2. The van der Waals surface area contributed by atoms with Gasteiger partial charge in [0.25, 0.3) is 0 Å². The van der Waals surface area contributed by atoms with Crippen molar-refractivity contribution in [2.75, 3.05) is 13.2 Å². The van der Waals surface area contributed by atoms with E-state index in [0.29, 0.717) is 5.56 Å². The number of carbonyl (C=O) groups is 3. The molecular weight excluding hydrogens is 458 g/mol. The third kappa shape index (κ3) is 5.13. The van der Waals surface area contributed by atoms with E-state index in [1.165, 1.54) is 12.1 Å². The second-order valence-corrected chi connectivity index (χ2v) is 8.04. The molecule has 7 nitrogen and oxygen atoms in total. The van der Waals surface area contributed by atoms with Gasteiger partial charge in [0.2, 0.25) is 5.91 Å². The van der Waals surface area contributed by atoms with Crippen molar-refractivity contribution in [1.29, 1.82) is 0 Å². The molecule has 0 saturated carbocycles. The first-order valence-electron chi connectivity index (χ1n) is 10.8. The van der Waals surface area contributed by atoms with Crippen molar-refractivity contribution in [2.45, 2.75) is 17.9 Å². The maximum atomic E-state index is 13.4. The van der Waals surface area contributed by atoms with Crippen LogP contribution in [0.25, 0.3) is 11.1 Å². The van der Waals surface area contributed by atoms with E-state index in [2.05, 4.69) is 5.32 Å². The molecule has 180 valence electrons. The highest BCUT2D eigenvalue weighted by Gasteiger charge is 2.40. The molecule has 35 heavy (non-hydrogen) atoms. The number of ether oxygens (including phenoxy) is 1. The Morgan fingerprint density at radius 1 is 0.886 bits per heavy atom. The number of carbonyl (C=O) groups excluding carboxylic acids is 2. The summed E-state index contributed by atoms with van der Waals surface area (Å²) in [6, 6.07) is 22.2. The van der Waals surface area contributed by atoms with Gasteiger partial charge < -0.3 is 20.5 Å². The van der Waals surface area contributed by atoms with E-state index < -0.39 is 36.5 Å². The van der Waals surface area contributed by atoms with Gasteiger partial charge in [-0.1, -0.05) is 78.9 Å². The molecule has 0 aromatic heterocycles. The molecule has 9 heteroatoms. The highest BCUT2D eigenvalue weighted by atomic mass is 19.3. The van der Waals surface area contributed by atoms with Gasteiger partial charge in [0.15, 0.2) is 0 Å². The first kappa shape index (κ1) is 23.9. The Kier molecular flexibility index (Phi) is 6.77. The van der Waals surface area contributed by atoms with E-state index in [-0.39, 0.29) is 12.5 Å². The molecule has 0 aliphatic heterocycles. The summed E-state index contributed by atoms with van der Waals surface area (Å²) < 4.78 is 32.3. The Labute approximate surface area is 199 Å². The highest BCUT2D eigenvalue weighted by molar-refractivity contribution is 5.87. The SMILES string of the molecule is O=C(NC(C(=O)NCC(F)(F)C(=O)O)c1ccccc1)OCC1c2ccccc2-c2ccccc21. The van der Waals surface area contributed by atoms with Crippen LogP contribution in [0.4, 0.5) is 13.6 Å². The van der Waals surface area contributed by atoms with Gasteiger partial charge in [-0.05, 0) is 27.8 Å². The Hall–Kier alpha value is -4.27. The summed E-state index contributed by atoms with van der Waals surface area (Å²) in [6.45, 7) is -1.42. The highest BCUT2D eigenvalue weighted by Crippen LogP contribution is 2.44. The molecule has 1 aliphatic rings. The minimum absolute atomic E-state index is 0.0000735.